The minimum absolute atomic E-state index is 0.747. The van der Waals surface area contributed by atoms with E-state index in [1.54, 1.807) is 0 Å². The van der Waals surface area contributed by atoms with Gasteiger partial charge in [-0.25, -0.2) is 0 Å². The van der Waals surface area contributed by atoms with Crippen molar-refractivity contribution in [2.24, 2.45) is 0 Å². The summed E-state index contributed by atoms with van der Waals surface area (Å²) in [5, 5.41) is 2.99. The molecule has 2 rings (SSSR count). The molecule has 2 aliphatic rings. The molecule has 6 heteroatoms. The summed E-state index contributed by atoms with van der Waals surface area (Å²) in [6, 6.07) is 0. The van der Waals surface area contributed by atoms with E-state index >= 15 is 0 Å². The third kappa shape index (κ3) is 9.08. The molecule has 0 amide bonds. The van der Waals surface area contributed by atoms with Crippen molar-refractivity contribution in [3.8, 4) is 0 Å². The largest absolute Gasteiger partial charge is 0.279 e. The normalized spacial score (nSPS) is 32.4. The van der Waals surface area contributed by atoms with Crippen LogP contribution in [-0.2, 0) is 0 Å². The summed E-state index contributed by atoms with van der Waals surface area (Å²) in [5.41, 5.74) is 0. The number of hydrogen-bond donors (Lipinski definition) is 0. The highest BCUT2D eigenvalue weighted by atomic mass is 32.2. The molecule has 2 unspecified atom stereocenters. The topological polar surface area (TPSA) is 6.48 Å². The molecule has 2 saturated heterocycles. The predicted octanol–water partition coefficient (Wildman–Crippen LogP) is 9.31. The van der Waals surface area contributed by atoms with Gasteiger partial charge in [0.05, 0.1) is 30.7 Å². The molecule has 0 N–H and O–H groups in total. The summed E-state index contributed by atoms with van der Waals surface area (Å²) < 4.78 is 1.62. The van der Waals surface area contributed by atoms with Crippen LogP contribution in [0.25, 0.3) is 0 Å². The first-order valence-corrected chi connectivity index (χ1v) is 17.5. The molecule has 2 fully saturated rings. The average molecular weight is 521 g/mol. The van der Waals surface area contributed by atoms with Gasteiger partial charge in [-0.2, -0.15) is 0 Å². The Morgan fingerprint density at radius 1 is 0.406 bits per heavy atom. The van der Waals surface area contributed by atoms with E-state index in [2.05, 4.69) is 98.4 Å². The molecule has 2 heterocycles. The minimum atomic E-state index is 0.747. The van der Waals surface area contributed by atoms with E-state index in [9.17, 15) is 0 Å². The van der Waals surface area contributed by atoms with Crippen LogP contribution in [-0.4, -0.2) is 53.5 Å². The Bertz CT molecular complexity index is 411. The van der Waals surface area contributed by atoms with Gasteiger partial charge in [0, 0.05) is 13.1 Å². The number of thioether (sulfide) groups is 4. The molecule has 0 radical (unpaired) electrons. The fraction of sp³-hybridized carbons (Fsp3) is 1.00. The van der Waals surface area contributed by atoms with Crippen molar-refractivity contribution in [2.75, 3.05) is 13.1 Å². The van der Waals surface area contributed by atoms with E-state index < -0.39 is 0 Å². The third-order valence-electron chi connectivity index (χ3n) is 6.86. The van der Waals surface area contributed by atoms with Gasteiger partial charge in [0.1, 0.15) is 0 Å². The van der Waals surface area contributed by atoms with Gasteiger partial charge in [0.25, 0.3) is 0 Å². The number of unbranched alkanes of at least 4 members (excludes halogenated alkanes) is 5. The Morgan fingerprint density at radius 3 is 0.938 bits per heavy atom. The molecule has 2 nitrogen and oxygen atoms in total. The smallest absolute Gasteiger partial charge is 0.0575 e. The van der Waals surface area contributed by atoms with Gasteiger partial charge in [0.2, 0.25) is 0 Å². The molecule has 0 bridgehead atoms. The molecule has 6 atom stereocenters. The standard InChI is InChI=1S/C26H52N2S4/c1-7-21-27(22(8-2)30-25(11-5)29-21)19-17-15-13-14-16-18-20-28-23(9-3)31-26(12-6)32-24(28)10-4/h21-26H,7-20H2,1-6H3/t21-,22+,23-,24+,25?,26?. The summed E-state index contributed by atoms with van der Waals surface area (Å²) in [5.74, 6) is 0. The van der Waals surface area contributed by atoms with Gasteiger partial charge < -0.3 is 0 Å². The van der Waals surface area contributed by atoms with Crippen LogP contribution in [0.15, 0.2) is 0 Å². The number of nitrogens with zero attached hydrogens (tertiary/aromatic N) is 2. The highest BCUT2D eigenvalue weighted by Crippen LogP contribution is 2.45. The van der Waals surface area contributed by atoms with Crippen LogP contribution in [0.5, 0.6) is 0 Å². The lowest BCUT2D eigenvalue weighted by atomic mass is 10.1. The quantitative estimate of drug-likeness (QED) is 0.197. The monoisotopic (exact) mass is 520 g/mol. The van der Waals surface area contributed by atoms with Crippen LogP contribution in [0.4, 0.5) is 0 Å². The summed E-state index contributed by atoms with van der Waals surface area (Å²) in [7, 11) is 0. The average Bonchev–Trinajstić information content (AvgIpc) is 2.84. The van der Waals surface area contributed by atoms with E-state index in [0.29, 0.717) is 0 Å². The second kappa shape index (κ2) is 16.9. The predicted molar refractivity (Wildman–Crippen MR) is 156 cm³/mol. The molecule has 0 aromatic carbocycles. The zero-order valence-electron chi connectivity index (χ0n) is 21.9. The Labute approximate surface area is 218 Å². The zero-order valence-corrected chi connectivity index (χ0v) is 25.2. The van der Waals surface area contributed by atoms with Gasteiger partial charge in [0.15, 0.2) is 0 Å². The van der Waals surface area contributed by atoms with Gasteiger partial charge in [-0.05, 0) is 51.4 Å². The molecular formula is C26H52N2S4. The maximum atomic E-state index is 2.84. The van der Waals surface area contributed by atoms with Crippen molar-refractivity contribution < 1.29 is 0 Å². The Balaban J connectivity index is 1.62. The lowest BCUT2D eigenvalue weighted by molar-refractivity contribution is 0.218. The Hall–Kier alpha value is 1.32. The van der Waals surface area contributed by atoms with Crippen LogP contribution in [0, 0.1) is 0 Å². The molecule has 190 valence electrons. The van der Waals surface area contributed by atoms with Crippen molar-refractivity contribution in [1.82, 2.24) is 9.80 Å². The Kier molecular flexibility index (Phi) is 15.6. The van der Waals surface area contributed by atoms with Crippen LogP contribution >= 0.6 is 47.0 Å². The molecule has 0 spiro atoms. The van der Waals surface area contributed by atoms with Gasteiger partial charge >= 0.3 is 0 Å². The van der Waals surface area contributed by atoms with Crippen LogP contribution in [0.1, 0.15) is 119 Å². The first kappa shape index (κ1) is 29.5. The van der Waals surface area contributed by atoms with E-state index in [1.165, 1.54) is 90.1 Å². The lowest BCUT2D eigenvalue weighted by Crippen LogP contribution is -2.45. The first-order valence-electron chi connectivity index (χ1n) is 13.7. The summed E-state index contributed by atoms with van der Waals surface area (Å²) in [6.45, 7) is 16.9. The second-order valence-corrected chi connectivity index (χ2v) is 15.4. The molecule has 2 aliphatic heterocycles. The second-order valence-electron chi connectivity index (χ2n) is 9.27. The molecule has 32 heavy (non-hydrogen) atoms. The molecular weight excluding hydrogens is 469 g/mol. The van der Waals surface area contributed by atoms with Crippen LogP contribution < -0.4 is 0 Å². The van der Waals surface area contributed by atoms with E-state index in [-0.39, 0.29) is 0 Å². The highest BCUT2D eigenvalue weighted by Gasteiger charge is 2.34. The third-order valence-corrected chi connectivity index (χ3v) is 14.4. The molecule has 0 aromatic rings. The van der Waals surface area contributed by atoms with Crippen LogP contribution in [0.3, 0.4) is 0 Å². The summed E-state index contributed by atoms with van der Waals surface area (Å²) in [4.78, 5) is 5.68. The molecule has 0 aromatic heterocycles. The minimum Gasteiger partial charge on any atom is -0.279 e. The van der Waals surface area contributed by atoms with E-state index in [4.69, 9.17) is 0 Å². The highest BCUT2D eigenvalue weighted by molar-refractivity contribution is 8.18. The van der Waals surface area contributed by atoms with Crippen LogP contribution in [0.2, 0.25) is 0 Å². The fourth-order valence-corrected chi connectivity index (χ4v) is 11.8. The van der Waals surface area contributed by atoms with Crippen molar-refractivity contribution in [3.63, 3.8) is 0 Å². The van der Waals surface area contributed by atoms with E-state index in [1.807, 2.05) is 0 Å². The SMILES string of the molecule is CCC1S[C@@H](CC)N(CCCCCCCCN2[C@H](CC)SC(CC)S[C@@H]2CC)[C@@H](CC)S1. The van der Waals surface area contributed by atoms with Crippen molar-refractivity contribution in [3.05, 3.63) is 0 Å². The summed E-state index contributed by atoms with van der Waals surface area (Å²) in [6.07, 6.45) is 16.2. The molecule has 0 aliphatic carbocycles. The molecule has 0 saturated carbocycles. The Morgan fingerprint density at radius 2 is 0.688 bits per heavy atom. The zero-order chi connectivity index (χ0) is 23.3. The number of rotatable bonds is 15. The first-order chi connectivity index (χ1) is 15.6. The fourth-order valence-electron chi connectivity index (χ4n) is 5.03. The summed E-state index contributed by atoms with van der Waals surface area (Å²) >= 11 is 8.93. The lowest BCUT2D eigenvalue weighted by Gasteiger charge is -2.44. The van der Waals surface area contributed by atoms with Crippen molar-refractivity contribution in [1.29, 1.82) is 0 Å². The van der Waals surface area contributed by atoms with Gasteiger partial charge in [-0.3, -0.25) is 9.80 Å². The maximum absolute atomic E-state index is 2.84. The maximum Gasteiger partial charge on any atom is 0.0575 e. The van der Waals surface area contributed by atoms with Crippen molar-refractivity contribution >= 4 is 47.0 Å². The van der Waals surface area contributed by atoms with Gasteiger partial charge in [-0.1, -0.05) is 67.2 Å². The van der Waals surface area contributed by atoms with Crippen molar-refractivity contribution in [2.45, 2.75) is 149 Å². The van der Waals surface area contributed by atoms with E-state index in [0.717, 1.165) is 30.7 Å². The van der Waals surface area contributed by atoms with Gasteiger partial charge in [-0.15, -0.1) is 47.0 Å². The number of hydrogen-bond acceptors (Lipinski definition) is 6.